The average Bonchev–Trinajstić information content (AvgIpc) is 2.97. The molecule has 2 heterocycles. The highest BCUT2D eigenvalue weighted by Gasteiger charge is 2.24. The highest BCUT2D eigenvalue weighted by Crippen LogP contribution is 2.20. The fourth-order valence-electron chi connectivity index (χ4n) is 1.72. The third kappa shape index (κ3) is 3.91. The number of carbonyl (C=O) groups is 2. The van der Waals surface area contributed by atoms with E-state index in [1.54, 1.807) is 6.92 Å². The Kier molecular flexibility index (Phi) is 4.44. The Labute approximate surface area is 133 Å². The van der Waals surface area contributed by atoms with Crippen LogP contribution in [0.3, 0.4) is 0 Å². The molecule has 0 aliphatic carbocycles. The van der Waals surface area contributed by atoms with Gasteiger partial charge in [-0.15, -0.1) is 0 Å². The number of nitrogens with one attached hydrogen (secondary N) is 1. The Bertz CT molecular complexity index is 715. The second-order valence-corrected chi connectivity index (χ2v) is 6.20. The van der Waals surface area contributed by atoms with Crippen LogP contribution in [0.4, 0.5) is 0 Å². The molecule has 122 valence electrons. The van der Waals surface area contributed by atoms with E-state index in [1.807, 2.05) is 20.8 Å². The highest BCUT2D eigenvalue weighted by atomic mass is 16.5. The summed E-state index contributed by atoms with van der Waals surface area (Å²) in [6.07, 6.45) is 1.26. The monoisotopic (exact) mass is 317 g/mol. The van der Waals surface area contributed by atoms with E-state index in [-0.39, 0.29) is 16.7 Å². The van der Waals surface area contributed by atoms with Crippen LogP contribution in [0.5, 0.6) is 0 Å². The molecular weight excluding hydrogens is 298 g/mol. The molecule has 2 rings (SSSR count). The van der Waals surface area contributed by atoms with E-state index in [9.17, 15) is 9.59 Å². The van der Waals surface area contributed by atoms with Crippen LogP contribution < -0.4 is 11.1 Å². The van der Waals surface area contributed by atoms with Gasteiger partial charge in [-0.1, -0.05) is 25.9 Å². The van der Waals surface area contributed by atoms with Gasteiger partial charge in [-0.2, -0.15) is 4.98 Å². The van der Waals surface area contributed by atoms with Crippen LogP contribution in [0.1, 0.15) is 66.3 Å². The Morgan fingerprint density at radius 1 is 1.30 bits per heavy atom. The molecule has 0 bridgehead atoms. The van der Waals surface area contributed by atoms with Crippen molar-refractivity contribution in [3.8, 4) is 0 Å². The van der Waals surface area contributed by atoms with Gasteiger partial charge in [-0.3, -0.25) is 14.6 Å². The van der Waals surface area contributed by atoms with Gasteiger partial charge in [0.25, 0.3) is 5.91 Å². The first kappa shape index (κ1) is 16.6. The largest absolute Gasteiger partial charge is 0.366 e. The lowest BCUT2D eigenvalue weighted by Crippen LogP contribution is -2.28. The molecule has 1 atom stereocenters. The number of pyridine rings is 1. The lowest BCUT2D eigenvalue weighted by molar-refractivity contribution is 0.0925. The minimum atomic E-state index is -0.599. The molecular formula is C15H19N5O3. The second kappa shape index (κ2) is 6.15. The summed E-state index contributed by atoms with van der Waals surface area (Å²) in [7, 11) is 0. The number of nitrogens with two attached hydrogens (primary N) is 1. The highest BCUT2D eigenvalue weighted by molar-refractivity contribution is 5.95. The zero-order valence-corrected chi connectivity index (χ0v) is 13.5. The first-order valence-electron chi connectivity index (χ1n) is 7.09. The quantitative estimate of drug-likeness (QED) is 0.877. The van der Waals surface area contributed by atoms with E-state index in [0.717, 1.165) is 0 Å². The van der Waals surface area contributed by atoms with Gasteiger partial charge in [0.1, 0.15) is 11.7 Å². The van der Waals surface area contributed by atoms with Crippen LogP contribution in [-0.2, 0) is 5.41 Å². The van der Waals surface area contributed by atoms with E-state index in [2.05, 4.69) is 20.4 Å². The van der Waals surface area contributed by atoms with Crippen molar-refractivity contribution >= 4 is 11.8 Å². The number of hydrogen-bond acceptors (Lipinski definition) is 6. The molecule has 3 N–H and O–H groups in total. The van der Waals surface area contributed by atoms with Gasteiger partial charge in [-0.25, -0.2) is 0 Å². The van der Waals surface area contributed by atoms with Gasteiger partial charge in [-0.05, 0) is 19.1 Å². The van der Waals surface area contributed by atoms with Crippen molar-refractivity contribution in [2.24, 2.45) is 5.73 Å². The molecule has 0 saturated carbocycles. The van der Waals surface area contributed by atoms with Gasteiger partial charge in [0.15, 0.2) is 5.82 Å². The van der Waals surface area contributed by atoms with Gasteiger partial charge < -0.3 is 15.6 Å². The molecule has 8 heteroatoms. The maximum Gasteiger partial charge on any atom is 0.270 e. The van der Waals surface area contributed by atoms with Crippen LogP contribution in [0, 0.1) is 0 Å². The molecule has 0 radical (unpaired) electrons. The van der Waals surface area contributed by atoms with Crippen molar-refractivity contribution in [1.29, 1.82) is 0 Å². The fourth-order valence-corrected chi connectivity index (χ4v) is 1.72. The van der Waals surface area contributed by atoms with Gasteiger partial charge in [0.05, 0.1) is 5.56 Å². The molecule has 0 spiro atoms. The first-order valence-corrected chi connectivity index (χ1v) is 7.09. The van der Waals surface area contributed by atoms with Crippen LogP contribution in [0.2, 0.25) is 0 Å². The summed E-state index contributed by atoms with van der Waals surface area (Å²) in [5.74, 6) is -0.128. The van der Waals surface area contributed by atoms with Crippen molar-refractivity contribution in [1.82, 2.24) is 20.4 Å². The number of primary amides is 1. The van der Waals surface area contributed by atoms with Gasteiger partial charge >= 0.3 is 0 Å². The number of hydrogen-bond donors (Lipinski definition) is 2. The van der Waals surface area contributed by atoms with Crippen LogP contribution in [0.25, 0.3) is 0 Å². The topological polar surface area (TPSA) is 124 Å². The summed E-state index contributed by atoms with van der Waals surface area (Å²) in [4.78, 5) is 31.3. The smallest absolute Gasteiger partial charge is 0.270 e. The summed E-state index contributed by atoms with van der Waals surface area (Å²) in [6.45, 7) is 7.63. The molecule has 2 amide bonds. The summed E-state index contributed by atoms with van der Waals surface area (Å²) in [5, 5.41) is 6.63. The molecule has 1 unspecified atom stereocenters. The summed E-state index contributed by atoms with van der Waals surface area (Å²) in [5.41, 5.74) is 5.29. The molecule has 0 aliphatic rings. The Morgan fingerprint density at radius 2 is 2.00 bits per heavy atom. The normalized spacial score (nSPS) is 12.7. The summed E-state index contributed by atoms with van der Waals surface area (Å²) in [6, 6.07) is 2.40. The molecule has 0 saturated heterocycles. The SMILES string of the molecule is CC(NC(=O)c1ccc(C(N)=O)cn1)c1nc(C(C)(C)C)no1. The maximum absolute atomic E-state index is 12.1. The van der Waals surface area contributed by atoms with E-state index < -0.39 is 17.9 Å². The predicted molar refractivity (Wildman–Crippen MR) is 81.6 cm³/mol. The van der Waals surface area contributed by atoms with E-state index in [0.29, 0.717) is 11.7 Å². The van der Waals surface area contributed by atoms with Crippen LogP contribution >= 0.6 is 0 Å². The second-order valence-electron chi connectivity index (χ2n) is 6.20. The molecule has 0 aromatic carbocycles. The minimum absolute atomic E-state index is 0.164. The zero-order valence-electron chi connectivity index (χ0n) is 13.5. The standard InChI is InChI=1S/C15H19N5O3/c1-8(13-19-14(20-23-13)15(2,3)4)18-12(22)10-6-5-9(7-17-10)11(16)21/h5-8H,1-4H3,(H2,16,21)(H,18,22). The molecule has 8 nitrogen and oxygen atoms in total. The fraction of sp³-hybridized carbons (Fsp3) is 0.400. The summed E-state index contributed by atoms with van der Waals surface area (Å²) < 4.78 is 5.18. The lowest BCUT2D eigenvalue weighted by atomic mass is 9.96. The Balaban J connectivity index is 2.07. The van der Waals surface area contributed by atoms with Crippen LogP contribution in [-0.4, -0.2) is 26.9 Å². The van der Waals surface area contributed by atoms with Crippen molar-refractivity contribution in [2.75, 3.05) is 0 Å². The number of aromatic nitrogens is 3. The van der Waals surface area contributed by atoms with Crippen LogP contribution in [0.15, 0.2) is 22.9 Å². The van der Waals surface area contributed by atoms with Crippen molar-refractivity contribution in [3.63, 3.8) is 0 Å². The van der Waals surface area contributed by atoms with E-state index in [4.69, 9.17) is 10.3 Å². The first-order chi connectivity index (χ1) is 10.7. The Morgan fingerprint density at radius 3 is 2.48 bits per heavy atom. The molecule has 2 aromatic heterocycles. The van der Waals surface area contributed by atoms with E-state index in [1.165, 1.54) is 18.3 Å². The van der Waals surface area contributed by atoms with Gasteiger partial charge in [0.2, 0.25) is 11.8 Å². The molecule has 0 fully saturated rings. The number of carbonyl (C=O) groups excluding carboxylic acids is 2. The predicted octanol–water partition coefficient (Wildman–Crippen LogP) is 1.35. The van der Waals surface area contributed by atoms with E-state index >= 15 is 0 Å². The zero-order chi connectivity index (χ0) is 17.2. The molecule has 2 aromatic rings. The number of nitrogens with zero attached hydrogens (tertiary/aromatic N) is 3. The number of amides is 2. The van der Waals surface area contributed by atoms with Gasteiger partial charge in [0, 0.05) is 11.6 Å². The third-order valence-corrected chi connectivity index (χ3v) is 3.11. The lowest BCUT2D eigenvalue weighted by Gasteiger charge is -2.12. The third-order valence-electron chi connectivity index (χ3n) is 3.11. The molecule has 0 aliphatic heterocycles. The van der Waals surface area contributed by atoms with Crippen molar-refractivity contribution < 1.29 is 14.1 Å². The van der Waals surface area contributed by atoms with Crippen molar-refractivity contribution in [3.05, 3.63) is 41.3 Å². The minimum Gasteiger partial charge on any atom is -0.366 e. The average molecular weight is 317 g/mol. The molecule has 23 heavy (non-hydrogen) atoms. The van der Waals surface area contributed by atoms with Crippen molar-refractivity contribution in [2.45, 2.75) is 39.2 Å². The maximum atomic E-state index is 12.1. The Hall–Kier alpha value is -2.77. The summed E-state index contributed by atoms with van der Waals surface area (Å²) >= 11 is 0. The number of rotatable bonds is 4.